The van der Waals surface area contributed by atoms with Gasteiger partial charge in [0.25, 0.3) is 5.91 Å². The van der Waals surface area contributed by atoms with Crippen LogP contribution in [0.25, 0.3) is 0 Å². The molecule has 0 aliphatic rings. The number of hydrogen-bond acceptors (Lipinski definition) is 4. The fourth-order valence-electron chi connectivity index (χ4n) is 2.24. The van der Waals surface area contributed by atoms with Crippen molar-refractivity contribution in [2.45, 2.75) is 26.3 Å². The predicted octanol–water partition coefficient (Wildman–Crippen LogP) is 5.47. The summed E-state index contributed by atoms with van der Waals surface area (Å²) in [7, 11) is 1.76. The van der Waals surface area contributed by atoms with Gasteiger partial charge in [-0.25, -0.2) is 4.98 Å². The van der Waals surface area contributed by atoms with Gasteiger partial charge >= 0.3 is 0 Å². The Morgan fingerprint density at radius 3 is 2.46 bits per heavy atom. The summed E-state index contributed by atoms with van der Waals surface area (Å²) >= 11 is 12.1. The normalized spacial score (nSPS) is 11.2. The summed E-state index contributed by atoms with van der Waals surface area (Å²) in [5.74, 6) is 1.01. The molecule has 1 aromatic heterocycles. The molecule has 2 N–H and O–H groups in total. The van der Waals surface area contributed by atoms with Gasteiger partial charge in [-0.05, 0) is 30.5 Å². The summed E-state index contributed by atoms with van der Waals surface area (Å²) in [4.78, 5) is 18.3. The van der Waals surface area contributed by atoms with Gasteiger partial charge in [0, 0.05) is 31.9 Å². The van der Waals surface area contributed by atoms with Gasteiger partial charge in [0.2, 0.25) is 5.88 Å². The van der Waals surface area contributed by atoms with E-state index in [1.165, 1.54) is 6.20 Å². The van der Waals surface area contributed by atoms with Crippen LogP contribution in [-0.4, -0.2) is 35.4 Å². The lowest BCUT2D eigenvalue weighted by atomic mass is 10.0. The number of carbonyl (C=O) groups is 1. The first-order valence-electron chi connectivity index (χ1n) is 8.38. The molecule has 1 unspecified atom stereocenters. The minimum atomic E-state index is -0.110. The molecular weight excluding hydrogens is 444 g/mol. The van der Waals surface area contributed by atoms with Crippen LogP contribution in [-0.2, 0) is 0 Å². The average Bonchev–Trinajstić information content (AvgIpc) is 2.63. The maximum Gasteiger partial charge on any atom is 0.255 e. The van der Waals surface area contributed by atoms with Gasteiger partial charge in [0.15, 0.2) is 0 Å². The Morgan fingerprint density at radius 1 is 1.21 bits per heavy atom. The van der Waals surface area contributed by atoms with E-state index in [9.17, 15) is 4.79 Å². The van der Waals surface area contributed by atoms with E-state index in [1.54, 1.807) is 42.3 Å². The number of aromatic nitrogens is 1. The van der Waals surface area contributed by atoms with E-state index in [4.69, 9.17) is 33.7 Å². The molecule has 0 fully saturated rings. The smallest absolute Gasteiger partial charge is 0.255 e. The van der Waals surface area contributed by atoms with E-state index in [1.807, 2.05) is 0 Å². The second kappa shape index (κ2) is 12.3. The quantitative estimate of drug-likeness (QED) is 0.584. The molecule has 2 aromatic rings. The Balaban J connectivity index is 0.00000364. The first-order chi connectivity index (χ1) is 12.3. The highest BCUT2D eigenvalue weighted by molar-refractivity contribution is 6.42. The molecule has 0 bridgehead atoms. The molecule has 0 spiro atoms. The fraction of sp³-hybridized carbons (Fsp3) is 0.368. The number of ether oxygens (including phenoxy) is 1. The van der Waals surface area contributed by atoms with Crippen LogP contribution in [0.15, 0.2) is 36.5 Å². The highest BCUT2D eigenvalue weighted by Gasteiger charge is 2.15. The topological polar surface area (TPSA) is 68.5 Å². The highest BCUT2D eigenvalue weighted by Crippen LogP contribution is 2.33. The first-order valence-corrected chi connectivity index (χ1v) is 9.14. The molecule has 156 valence electrons. The monoisotopic (exact) mass is 467 g/mol. The molecular formula is C19H25Cl4N3O2. The van der Waals surface area contributed by atoms with Crippen LogP contribution in [0.5, 0.6) is 11.6 Å². The van der Waals surface area contributed by atoms with Gasteiger partial charge in [0.1, 0.15) is 10.8 Å². The minimum absolute atomic E-state index is 0. The van der Waals surface area contributed by atoms with Crippen molar-refractivity contribution in [1.82, 2.24) is 9.88 Å². The number of hydrogen-bond donors (Lipinski definition) is 1. The molecule has 5 nitrogen and oxygen atoms in total. The zero-order valence-corrected chi connectivity index (χ0v) is 19.0. The Morgan fingerprint density at radius 2 is 1.89 bits per heavy atom. The van der Waals surface area contributed by atoms with Gasteiger partial charge in [0.05, 0.1) is 10.6 Å². The van der Waals surface area contributed by atoms with Crippen molar-refractivity contribution in [3.8, 4) is 11.6 Å². The Kier molecular flexibility index (Phi) is 11.8. The molecule has 1 amide bonds. The van der Waals surface area contributed by atoms with Crippen LogP contribution in [0, 0.1) is 5.92 Å². The number of halogens is 4. The zero-order valence-electron chi connectivity index (χ0n) is 15.9. The Hall–Kier alpha value is -1.24. The van der Waals surface area contributed by atoms with Crippen molar-refractivity contribution < 1.29 is 9.53 Å². The molecule has 9 heteroatoms. The number of nitrogens with zero attached hydrogens (tertiary/aromatic N) is 2. The third-order valence-corrected chi connectivity index (χ3v) is 4.92. The summed E-state index contributed by atoms with van der Waals surface area (Å²) < 4.78 is 5.62. The molecule has 0 saturated carbocycles. The zero-order chi connectivity index (χ0) is 19.3. The van der Waals surface area contributed by atoms with Crippen molar-refractivity contribution in [2.75, 3.05) is 13.6 Å². The van der Waals surface area contributed by atoms with Gasteiger partial charge in [-0.2, -0.15) is 0 Å². The van der Waals surface area contributed by atoms with Crippen LogP contribution in [0.3, 0.4) is 0 Å². The van der Waals surface area contributed by atoms with Crippen molar-refractivity contribution >= 4 is 53.9 Å². The standard InChI is InChI=1S/C19H23Cl2N3O2.2ClH/c1-12(2)15(22)9-10-24(3)19(25)13-7-8-17(23-11-13)26-16-6-4-5-14(20)18(16)21;;/h4-8,11-12,15H,9-10,22H2,1-3H3;2*1H. The third-order valence-electron chi connectivity index (χ3n) is 4.11. The Labute approximate surface area is 188 Å². The minimum Gasteiger partial charge on any atom is -0.437 e. The third kappa shape index (κ3) is 7.30. The second-order valence-electron chi connectivity index (χ2n) is 6.46. The number of nitrogens with two attached hydrogens (primary N) is 1. The molecule has 0 saturated heterocycles. The highest BCUT2D eigenvalue weighted by atomic mass is 35.5. The summed E-state index contributed by atoms with van der Waals surface area (Å²) in [5.41, 5.74) is 6.51. The number of carbonyl (C=O) groups excluding carboxylic acids is 1. The van der Waals surface area contributed by atoms with Crippen LogP contribution in [0.2, 0.25) is 10.0 Å². The Bertz CT molecular complexity index is 757. The first kappa shape index (κ1) is 26.8. The lowest BCUT2D eigenvalue weighted by Crippen LogP contribution is -2.34. The molecule has 2 rings (SSSR count). The largest absolute Gasteiger partial charge is 0.437 e. The number of pyridine rings is 1. The van der Waals surface area contributed by atoms with Crippen molar-refractivity contribution in [1.29, 1.82) is 0 Å². The van der Waals surface area contributed by atoms with Crippen molar-refractivity contribution in [3.63, 3.8) is 0 Å². The van der Waals surface area contributed by atoms with Gasteiger partial charge in [-0.1, -0.05) is 43.1 Å². The van der Waals surface area contributed by atoms with Gasteiger partial charge in [-0.3, -0.25) is 4.79 Å². The molecule has 1 aromatic carbocycles. The number of benzene rings is 1. The lowest BCUT2D eigenvalue weighted by molar-refractivity contribution is 0.0788. The molecule has 0 aliphatic heterocycles. The molecule has 0 radical (unpaired) electrons. The second-order valence-corrected chi connectivity index (χ2v) is 7.25. The maximum absolute atomic E-state index is 12.5. The molecule has 1 heterocycles. The number of rotatable bonds is 7. The summed E-state index contributed by atoms with van der Waals surface area (Å²) in [6.07, 6.45) is 2.23. The predicted molar refractivity (Wildman–Crippen MR) is 120 cm³/mol. The van der Waals surface area contributed by atoms with E-state index in [0.29, 0.717) is 39.7 Å². The van der Waals surface area contributed by atoms with Crippen molar-refractivity contribution in [2.24, 2.45) is 11.7 Å². The lowest BCUT2D eigenvalue weighted by Gasteiger charge is -2.21. The van der Waals surface area contributed by atoms with E-state index in [2.05, 4.69) is 18.8 Å². The van der Waals surface area contributed by atoms with Crippen molar-refractivity contribution in [3.05, 3.63) is 52.1 Å². The van der Waals surface area contributed by atoms with E-state index in [-0.39, 0.29) is 36.8 Å². The van der Waals surface area contributed by atoms with Crippen LogP contribution < -0.4 is 10.5 Å². The van der Waals surface area contributed by atoms with Gasteiger partial charge in [-0.15, -0.1) is 24.8 Å². The average molecular weight is 469 g/mol. The van der Waals surface area contributed by atoms with E-state index < -0.39 is 0 Å². The van der Waals surface area contributed by atoms with Crippen LogP contribution in [0.4, 0.5) is 0 Å². The van der Waals surface area contributed by atoms with Crippen LogP contribution in [0.1, 0.15) is 30.6 Å². The number of amides is 1. The maximum atomic E-state index is 12.5. The van der Waals surface area contributed by atoms with E-state index in [0.717, 1.165) is 6.42 Å². The van der Waals surface area contributed by atoms with Crippen LogP contribution >= 0.6 is 48.0 Å². The van der Waals surface area contributed by atoms with Gasteiger partial charge < -0.3 is 15.4 Å². The SMILES string of the molecule is CC(C)C(N)CCN(C)C(=O)c1ccc(Oc2cccc(Cl)c2Cl)nc1.Cl.Cl. The summed E-state index contributed by atoms with van der Waals surface area (Å²) in [6.45, 7) is 4.73. The molecule has 0 aliphatic carbocycles. The summed E-state index contributed by atoms with van der Waals surface area (Å²) in [5, 5.41) is 0.717. The van der Waals surface area contributed by atoms with E-state index >= 15 is 0 Å². The summed E-state index contributed by atoms with van der Waals surface area (Å²) in [6, 6.07) is 8.47. The molecule has 28 heavy (non-hydrogen) atoms. The molecule has 1 atom stereocenters. The fourth-order valence-corrected chi connectivity index (χ4v) is 2.57.